The molecule has 3 aromatic rings. The Bertz CT molecular complexity index is 789. The zero-order valence-corrected chi connectivity index (χ0v) is 12.7. The maximum Gasteiger partial charge on any atom is 0.253 e. The molecule has 1 aliphatic rings. The Labute approximate surface area is 131 Å². The lowest BCUT2D eigenvalue weighted by molar-refractivity contribution is 0.0684. The molecule has 6 nitrogen and oxygen atoms in total. The second kappa shape index (κ2) is 5.49. The molecule has 1 aliphatic heterocycles. The first-order valence-corrected chi connectivity index (χ1v) is 8.17. The molecule has 0 unspecified atom stereocenters. The van der Waals surface area contributed by atoms with Crippen molar-refractivity contribution in [3.05, 3.63) is 41.7 Å². The van der Waals surface area contributed by atoms with Gasteiger partial charge in [-0.1, -0.05) is 0 Å². The number of carbonyl (C=O) groups is 1. The number of piperidine rings is 1. The number of fused-ring (bicyclic) bond motifs is 1. The predicted molar refractivity (Wildman–Crippen MR) is 83.8 cm³/mol. The molecule has 3 heterocycles. The molecule has 0 radical (unpaired) electrons. The fraction of sp³-hybridized carbons (Fsp3) is 0.333. The van der Waals surface area contributed by atoms with Crippen molar-refractivity contribution in [3.8, 4) is 0 Å². The van der Waals surface area contributed by atoms with Crippen molar-refractivity contribution in [1.82, 2.24) is 24.9 Å². The van der Waals surface area contributed by atoms with Gasteiger partial charge in [0, 0.05) is 18.7 Å². The zero-order valence-electron chi connectivity index (χ0n) is 11.9. The van der Waals surface area contributed by atoms with E-state index in [0.717, 1.165) is 41.7 Å². The van der Waals surface area contributed by atoms with Gasteiger partial charge in [0.1, 0.15) is 0 Å². The van der Waals surface area contributed by atoms with Crippen LogP contribution in [-0.2, 0) is 0 Å². The molecule has 0 spiro atoms. The van der Waals surface area contributed by atoms with Crippen molar-refractivity contribution in [2.75, 3.05) is 13.1 Å². The van der Waals surface area contributed by atoms with E-state index in [0.29, 0.717) is 6.04 Å². The van der Waals surface area contributed by atoms with Gasteiger partial charge in [0.15, 0.2) is 0 Å². The predicted octanol–water partition coefficient (Wildman–Crippen LogP) is 2.37. The lowest BCUT2D eigenvalue weighted by atomic mass is 10.0. The van der Waals surface area contributed by atoms with E-state index >= 15 is 0 Å². The fourth-order valence-electron chi connectivity index (χ4n) is 2.89. The highest BCUT2D eigenvalue weighted by atomic mass is 32.1. The summed E-state index contributed by atoms with van der Waals surface area (Å²) in [7, 11) is 0. The number of aromatic nitrogens is 4. The first-order valence-electron chi connectivity index (χ1n) is 7.29. The molecule has 0 saturated carbocycles. The van der Waals surface area contributed by atoms with Crippen molar-refractivity contribution < 1.29 is 4.79 Å². The summed E-state index contributed by atoms with van der Waals surface area (Å²) in [5, 5.41) is 8.39. The minimum absolute atomic E-state index is 0.0992. The molecule has 2 aromatic heterocycles. The van der Waals surface area contributed by atoms with Crippen molar-refractivity contribution in [3.63, 3.8) is 0 Å². The quantitative estimate of drug-likeness (QED) is 0.728. The number of nitrogens with zero attached hydrogens (tertiary/aromatic N) is 5. The Balaban J connectivity index is 1.47. The standard InChI is InChI=1S/C15H15N5OS/c21-15(11-1-2-13-14(9-11)22-10-16-13)19-7-3-12(4-8-19)20-17-5-6-18-20/h1-2,5-6,9-10,12H,3-4,7-8H2. The minimum Gasteiger partial charge on any atom is -0.338 e. The van der Waals surface area contributed by atoms with E-state index < -0.39 is 0 Å². The Morgan fingerprint density at radius 1 is 1.18 bits per heavy atom. The minimum atomic E-state index is 0.0992. The van der Waals surface area contributed by atoms with Gasteiger partial charge >= 0.3 is 0 Å². The SMILES string of the molecule is O=C(c1ccc2ncsc2c1)N1CCC(n2nccn2)CC1. The third-order valence-corrected chi connectivity index (χ3v) is 4.88. The molecule has 22 heavy (non-hydrogen) atoms. The second-order valence-corrected chi connectivity index (χ2v) is 6.29. The number of hydrogen-bond acceptors (Lipinski definition) is 5. The van der Waals surface area contributed by atoms with Gasteiger partial charge in [-0.05, 0) is 31.0 Å². The Morgan fingerprint density at radius 3 is 2.73 bits per heavy atom. The van der Waals surface area contributed by atoms with E-state index in [-0.39, 0.29) is 5.91 Å². The van der Waals surface area contributed by atoms with Crippen LogP contribution < -0.4 is 0 Å². The molecule has 1 fully saturated rings. The van der Waals surface area contributed by atoms with E-state index in [1.807, 2.05) is 28.6 Å². The average molecular weight is 313 g/mol. The summed E-state index contributed by atoms with van der Waals surface area (Å²) in [4.78, 5) is 20.6. The molecule has 1 amide bonds. The topological polar surface area (TPSA) is 63.9 Å². The van der Waals surface area contributed by atoms with Gasteiger partial charge in [-0.15, -0.1) is 11.3 Å². The number of amides is 1. The number of rotatable bonds is 2. The highest BCUT2D eigenvalue weighted by Gasteiger charge is 2.25. The highest BCUT2D eigenvalue weighted by Crippen LogP contribution is 2.24. The molecule has 0 atom stereocenters. The van der Waals surface area contributed by atoms with E-state index in [4.69, 9.17) is 0 Å². The van der Waals surface area contributed by atoms with Crippen LogP contribution in [0.4, 0.5) is 0 Å². The Hall–Kier alpha value is -2.28. The summed E-state index contributed by atoms with van der Waals surface area (Å²) < 4.78 is 1.06. The number of hydrogen-bond donors (Lipinski definition) is 0. The molecular weight excluding hydrogens is 298 g/mol. The fourth-order valence-corrected chi connectivity index (χ4v) is 3.60. The van der Waals surface area contributed by atoms with Gasteiger partial charge < -0.3 is 4.90 Å². The van der Waals surface area contributed by atoms with Crippen LogP contribution in [0.25, 0.3) is 10.2 Å². The first kappa shape index (κ1) is 13.4. The summed E-state index contributed by atoms with van der Waals surface area (Å²) >= 11 is 1.56. The molecule has 0 aliphatic carbocycles. The van der Waals surface area contributed by atoms with Crippen LogP contribution >= 0.6 is 11.3 Å². The van der Waals surface area contributed by atoms with Gasteiger partial charge in [-0.3, -0.25) is 4.79 Å². The normalized spacial score (nSPS) is 16.3. The van der Waals surface area contributed by atoms with Gasteiger partial charge in [0.05, 0.1) is 34.2 Å². The summed E-state index contributed by atoms with van der Waals surface area (Å²) in [6, 6.07) is 6.02. The summed E-state index contributed by atoms with van der Waals surface area (Å²) in [5.41, 5.74) is 3.50. The maximum atomic E-state index is 12.6. The first-order chi connectivity index (χ1) is 10.8. The van der Waals surface area contributed by atoms with E-state index in [2.05, 4.69) is 15.2 Å². The highest BCUT2D eigenvalue weighted by molar-refractivity contribution is 7.16. The Kier molecular flexibility index (Phi) is 3.34. The Morgan fingerprint density at radius 2 is 1.95 bits per heavy atom. The van der Waals surface area contributed by atoms with Gasteiger partial charge in [0.25, 0.3) is 5.91 Å². The second-order valence-electron chi connectivity index (χ2n) is 5.41. The molecule has 7 heteroatoms. The van der Waals surface area contributed by atoms with E-state index in [1.54, 1.807) is 28.5 Å². The lowest BCUT2D eigenvalue weighted by Crippen LogP contribution is -2.39. The van der Waals surface area contributed by atoms with Crippen molar-refractivity contribution in [1.29, 1.82) is 0 Å². The molecule has 0 bridgehead atoms. The summed E-state index contributed by atoms with van der Waals surface area (Å²) in [6.45, 7) is 1.48. The third-order valence-electron chi connectivity index (χ3n) is 4.09. The number of likely N-dealkylation sites (tertiary alicyclic amines) is 1. The molecule has 1 saturated heterocycles. The maximum absolute atomic E-state index is 12.6. The van der Waals surface area contributed by atoms with E-state index in [9.17, 15) is 4.79 Å². The van der Waals surface area contributed by atoms with Gasteiger partial charge in [-0.25, -0.2) is 4.98 Å². The summed E-state index contributed by atoms with van der Waals surface area (Å²) in [6.07, 6.45) is 5.18. The van der Waals surface area contributed by atoms with Gasteiger partial charge in [0.2, 0.25) is 0 Å². The van der Waals surface area contributed by atoms with Crippen LogP contribution in [0.15, 0.2) is 36.1 Å². The number of thiazole rings is 1. The monoisotopic (exact) mass is 313 g/mol. The van der Waals surface area contributed by atoms with Gasteiger partial charge in [-0.2, -0.15) is 15.0 Å². The van der Waals surface area contributed by atoms with Crippen LogP contribution in [-0.4, -0.2) is 43.9 Å². The lowest BCUT2D eigenvalue weighted by Gasteiger charge is -2.31. The van der Waals surface area contributed by atoms with E-state index in [1.165, 1.54) is 0 Å². The summed E-state index contributed by atoms with van der Waals surface area (Å²) in [5.74, 6) is 0.0992. The zero-order chi connectivity index (χ0) is 14.9. The smallest absolute Gasteiger partial charge is 0.253 e. The number of benzene rings is 1. The average Bonchev–Trinajstić information content (AvgIpc) is 3.25. The van der Waals surface area contributed by atoms with Crippen LogP contribution in [0.2, 0.25) is 0 Å². The van der Waals surface area contributed by atoms with Crippen LogP contribution in [0.1, 0.15) is 29.2 Å². The third kappa shape index (κ3) is 2.37. The molecule has 4 rings (SSSR count). The molecule has 112 valence electrons. The molecule has 1 aromatic carbocycles. The van der Waals surface area contributed by atoms with Crippen LogP contribution in [0.3, 0.4) is 0 Å². The molecule has 0 N–H and O–H groups in total. The largest absolute Gasteiger partial charge is 0.338 e. The van der Waals surface area contributed by atoms with Crippen molar-refractivity contribution in [2.45, 2.75) is 18.9 Å². The van der Waals surface area contributed by atoms with Crippen LogP contribution in [0, 0.1) is 0 Å². The van der Waals surface area contributed by atoms with Crippen LogP contribution in [0.5, 0.6) is 0 Å². The molecular formula is C15H15N5OS. The number of carbonyl (C=O) groups excluding carboxylic acids is 1. The van der Waals surface area contributed by atoms with Crippen molar-refractivity contribution >= 4 is 27.5 Å². The van der Waals surface area contributed by atoms with Crippen molar-refractivity contribution in [2.24, 2.45) is 0 Å².